The molecule has 0 saturated heterocycles. The molecule has 3 aromatic rings. The van der Waals surface area contributed by atoms with Crippen LogP contribution in [-0.2, 0) is 23.9 Å². The van der Waals surface area contributed by atoms with Crippen LogP contribution in [0.2, 0.25) is 0 Å². The number of amides is 2. The smallest absolute Gasteiger partial charge is 0.339 e. The number of nitrogens with one attached hydrogen (secondary N) is 1. The topological polar surface area (TPSA) is 62.3 Å². The SMILES string of the molecule is C[C@@H](NC(=O)c1ccccn1)C(=O)N1CCc2c(cccc2-c2ccc(C(F)(F)F)cc2)C1. The van der Waals surface area contributed by atoms with Crippen molar-refractivity contribution in [3.05, 3.63) is 89.2 Å². The van der Waals surface area contributed by atoms with E-state index < -0.39 is 23.7 Å². The first-order valence-electron chi connectivity index (χ1n) is 10.5. The minimum absolute atomic E-state index is 0.204. The zero-order valence-corrected chi connectivity index (χ0v) is 17.9. The Bertz CT molecular complexity index is 1160. The minimum atomic E-state index is -4.38. The third kappa shape index (κ3) is 4.89. The summed E-state index contributed by atoms with van der Waals surface area (Å²) in [5, 5.41) is 2.69. The average molecular weight is 453 g/mol. The van der Waals surface area contributed by atoms with Gasteiger partial charge < -0.3 is 10.2 Å². The third-order valence-electron chi connectivity index (χ3n) is 5.72. The maximum Gasteiger partial charge on any atom is 0.416 e. The first-order chi connectivity index (χ1) is 15.7. The van der Waals surface area contributed by atoms with E-state index in [1.165, 1.54) is 18.3 Å². The van der Waals surface area contributed by atoms with Crippen molar-refractivity contribution in [1.82, 2.24) is 15.2 Å². The van der Waals surface area contributed by atoms with Crippen molar-refractivity contribution in [3.63, 3.8) is 0 Å². The molecule has 33 heavy (non-hydrogen) atoms. The summed E-state index contributed by atoms with van der Waals surface area (Å²) < 4.78 is 38.7. The molecular weight excluding hydrogens is 431 g/mol. The number of pyridine rings is 1. The van der Waals surface area contributed by atoms with Crippen molar-refractivity contribution in [3.8, 4) is 11.1 Å². The molecule has 0 bridgehead atoms. The molecule has 8 heteroatoms. The van der Waals surface area contributed by atoms with Gasteiger partial charge in [0.05, 0.1) is 5.56 Å². The van der Waals surface area contributed by atoms with Gasteiger partial charge in [-0.2, -0.15) is 13.2 Å². The molecule has 0 unspecified atom stereocenters. The Morgan fingerprint density at radius 2 is 1.79 bits per heavy atom. The quantitative estimate of drug-likeness (QED) is 0.634. The lowest BCUT2D eigenvalue weighted by Gasteiger charge is -2.32. The van der Waals surface area contributed by atoms with Gasteiger partial charge in [-0.05, 0) is 59.9 Å². The van der Waals surface area contributed by atoms with Crippen molar-refractivity contribution < 1.29 is 22.8 Å². The molecule has 0 fully saturated rings. The van der Waals surface area contributed by atoms with Crippen LogP contribution in [0.25, 0.3) is 11.1 Å². The lowest BCUT2D eigenvalue weighted by molar-refractivity contribution is -0.137. The van der Waals surface area contributed by atoms with Gasteiger partial charge in [-0.25, -0.2) is 0 Å². The Morgan fingerprint density at radius 3 is 2.45 bits per heavy atom. The van der Waals surface area contributed by atoms with E-state index in [1.807, 2.05) is 18.2 Å². The highest BCUT2D eigenvalue weighted by molar-refractivity contribution is 5.96. The predicted octanol–water partition coefficient (Wildman–Crippen LogP) is 4.47. The monoisotopic (exact) mass is 453 g/mol. The van der Waals surface area contributed by atoms with Crippen LogP contribution in [0.5, 0.6) is 0 Å². The van der Waals surface area contributed by atoms with Crippen LogP contribution in [0, 0.1) is 0 Å². The highest BCUT2D eigenvalue weighted by Gasteiger charge is 2.30. The Labute approximate surface area is 189 Å². The summed E-state index contributed by atoms with van der Waals surface area (Å²) in [6.07, 6.45) is -2.30. The number of fused-ring (bicyclic) bond motifs is 1. The maximum atomic E-state index is 12.9. The van der Waals surface area contributed by atoms with E-state index in [-0.39, 0.29) is 11.6 Å². The number of carbonyl (C=O) groups is 2. The first-order valence-corrected chi connectivity index (χ1v) is 10.5. The van der Waals surface area contributed by atoms with Gasteiger partial charge in [0.25, 0.3) is 5.91 Å². The van der Waals surface area contributed by atoms with Crippen molar-refractivity contribution in [1.29, 1.82) is 0 Å². The summed E-state index contributed by atoms with van der Waals surface area (Å²) in [6, 6.07) is 15.0. The van der Waals surface area contributed by atoms with Gasteiger partial charge in [0.2, 0.25) is 5.91 Å². The number of hydrogen-bond donors (Lipinski definition) is 1. The molecule has 0 spiro atoms. The second-order valence-corrected chi connectivity index (χ2v) is 7.94. The molecular formula is C25H22F3N3O2. The number of aromatic nitrogens is 1. The predicted molar refractivity (Wildman–Crippen MR) is 117 cm³/mol. The summed E-state index contributed by atoms with van der Waals surface area (Å²) in [5.41, 5.74) is 3.08. The second-order valence-electron chi connectivity index (χ2n) is 7.94. The standard InChI is InChI=1S/C25H22F3N3O2/c1-16(30-23(32)22-7-2-3-13-29-22)24(33)31-14-12-21-18(15-31)5-4-6-20(21)17-8-10-19(11-9-17)25(26,27)28/h2-11,13,16H,12,14-15H2,1H3,(H,30,32)/t16-/m1/s1. The van der Waals surface area contributed by atoms with Crippen LogP contribution in [-0.4, -0.2) is 34.3 Å². The molecule has 2 amide bonds. The Kier molecular flexibility index (Phi) is 6.18. The molecule has 2 aromatic carbocycles. The van der Waals surface area contributed by atoms with Gasteiger partial charge in [-0.15, -0.1) is 0 Å². The molecule has 1 atom stereocenters. The molecule has 170 valence electrons. The number of nitrogens with zero attached hydrogens (tertiary/aromatic N) is 2. The van der Waals surface area contributed by atoms with Crippen LogP contribution in [0.15, 0.2) is 66.9 Å². The number of rotatable bonds is 4. The molecule has 0 aliphatic carbocycles. The van der Waals surface area contributed by atoms with Crippen LogP contribution in [0.3, 0.4) is 0 Å². The van der Waals surface area contributed by atoms with Crippen LogP contribution < -0.4 is 5.32 Å². The van der Waals surface area contributed by atoms with Crippen LogP contribution in [0.4, 0.5) is 13.2 Å². The fourth-order valence-electron chi connectivity index (χ4n) is 4.01. The lowest BCUT2D eigenvalue weighted by Crippen LogP contribution is -2.48. The highest BCUT2D eigenvalue weighted by atomic mass is 19.4. The van der Waals surface area contributed by atoms with Gasteiger partial charge in [0, 0.05) is 19.3 Å². The van der Waals surface area contributed by atoms with Gasteiger partial charge in [0.15, 0.2) is 0 Å². The number of carbonyl (C=O) groups excluding carboxylic acids is 2. The molecule has 1 aliphatic rings. The van der Waals surface area contributed by atoms with Crippen LogP contribution >= 0.6 is 0 Å². The molecule has 5 nitrogen and oxygen atoms in total. The molecule has 2 heterocycles. The van der Waals surface area contributed by atoms with E-state index in [0.717, 1.165) is 28.8 Å². The minimum Gasteiger partial charge on any atom is -0.339 e. The summed E-state index contributed by atoms with van der Waals surface area (Å²) >= 11 is 0. The van der Waals surface area contributed by atoms with Crippen molar-refractivity contribution in [2.24, 2.45) is 0 Å². The maximum absolute atomic E-state index is 12.9. The van der Waals surface area contributed by atoms with Crippen molar-refractivity contribution in [2.75, 3.05) is 6.54 Å². The first kappa shape index (κ1) is 22.5. The Morgan fingerprint density at radius 1 is 1.03 bits per heavy atom. The molecule has 1 aromatic heterocycles. The summed E-state index contributed by atoms with van der Waals surface area (Å²) in [6.45, 7) is 2.46. The van der Waals surface area contributed by atoms with Gasteiger partial charge in [0.1, 0.15) is 11.7 Å². The van der Waals surface area contributed by atoms with E-state index in [4.69, 9.17) is 0 Å². The van der Waals surface area contributed by atoms with E-state index in [2.05, 4.69) is 10.3 Å². The number of hydrogen-bond acceptors (Lipinski definition) is 3. The largest absolute Gasteiger partial charge is 0.416 e. The average Bonchev–Trinajstić information content (AvgIpc) is 2.82. The number of halogens is 3. The Hall–Kier alpha value is -3.68. The number of alkyl halides is 3. The zero-order valence-electron chi connectivity index (χ0n) is 17.9. The molecule has 0 radical (unpaired) electrons. The van der Waals surface area contributed by atoms with Gasteiger partial charge in [-0.1, -0.05) is 36.4 Å². The van der Waals surface area contributed by atoms with Crippen LogP contribution in [0.1, 0.15) is 34.1 Å². The van der Waals surface area contributed by atoms with E-state index in [0.29, 0.717) is 25.1 Å². The Balaban J connectivity index is 1.48. The molecule has 4 rings (SSSR count). The summed E-state index contributed by atoms with van der Waals surface area (Å²) in [5.74, 6) is -0.622. The van der Waals surface area contributed by atoms with Gasteiger partial charge in [-0.3, -0.25) is 14.6 Å². The zero-order chi connectivity index (χ0) is 23.6. The third-order valence-corrected chi connectivity index (χ3v) is 5.72. The molecule has 0 saturated carbocycles. The van der Waals surface area contributed by atoms with E-state index in [9.17, 15) is 22.8 Å². The summed E-state index contributed by atoms with van der Waals surface area (Å²) in [7, 11) is 0. The fraction of sp³-hybridized carbons (Fsp3) is 0.240. The molecule has 1 N–H and O–H groups in total. The molecule has 1 aliphatic heterocycles. The normalized spacial score (nSPS) is 14.4. The second kappa shape index (κ2) is 9.05. The van der Waals surface area contributed by atoms with Crippen molar-refractivity contribution >= 4 is 11.8 Å². The van der Waals surface area contributed by atoms with E-state index in [1.54, 1.807) is 30.0 Å². The number of benzene rings is 2. The van der Waals surface area contributed by atoms with E-state index >= 15 is 0 Å². The van der Waals surface area contributed by atoms with Gasteiger partial charge >= 0.3 is 6.18 Å². The summed E-state index contributed by atoms with van der Waals surface area (Å²) in [4.78, 5) is 30.9. The fourth-order valence-corrected chi connectivity index (χ4v) is 4.01. The van der Waals surface area contributed by atoms with Crippen molar-refractivity contribution in [2.45, 2.75) is 32.1 Å². The highest BCUT2D eigenvalue weighted by Crippen LogP contribution is 2.34. The lowest BCUT2D eigenvalue weighted by atomic mass is 9.90.